The Hall–Kier alpha value is -1.24. The summed E-state index contributed by atoms with van der Waals surface area (Å²) in [5.74, 6) is 1.57. The van der Waals surface area contributed by atoms with Gasteiger partial charge in [-0.2, -0.15) is 18.6 Å². The molecule has 0 saturated carbocycles. The van der Waals surface area contributed by atoms with E-state index >= 15 is 0 Å². The molecule has 3 aromatic heterocycles. The third-order valence-electron chi connectivity index (χ3n) is 4.37. The molecule has 34 heavy (non-hydrogen) atoms. The highest BCUT2D eigenvalue weighted by Crippen LogP contribution is 2.38. The minimum atomic E-state index is 0. The number of hydrogen-bond acceptors (Lipinski definition) is 7. The summed E-state index contributed by atoms with van der Waals surface area (Å²) in [4.78, 5) is 9.19. The van der Waals surface area contributed by atoms with Crippen molar-refractivity contribution in [1.29, 1.82) is 0 Å². The van der Waals surface area contributed by atoms with Gasteiger partial charge in [-0.15, -0.1) is 0 Å². The summed E-state index contributed by atoms with van der Waals surface area (Å²) >= 11 is 9.90. The molecule has 8 nitrogen and oxygen atoms in total. The quantitative estimate of drug-likeness (QED) is 0.0761. The van der Waals surface area contributed by atoms with Crippen molar-refractivity contribution in [1.82, 2.24) is 28.4 Å². The predicted octanol–water partition coefficient (Wildman–Crippen LogP) is 6.97. The van der Waals surface area contributed by atoms with Crippen LogP contribution in [0.4, 0.5) is 11.4 Å². The van der Waals surface area contributed by atoms with Crippen LogP contribution in [0.3, 0.4) is 0 Å². The SMILES string of the molecule is CC.Cc1nc2c(Nc3ccc(-c4ccn(C)n4)cc3OSN(C)C)cc(Cl)nc2n1PI.S. The van der Waals surface area contributed by atoms with Gasteiger partial charge in [-0.1, -0.05) is 31.5 Å². The van der Waals surface area contributed by atoms with E-state index in [9.17, 15) is 0 Å². The number of fused-ring (bicyclic) bond motifs is 1. The first-order valence-electron chi connectivity index (χ1n) is 10.2. The van der Waals surface area contributed by atoms with Gasteiger partial charge in [-0.3, -0.25) is 9.02 Å². The molecule has 0 aliphatic rings. The van der Waals surface area contributed by atoms with Crippen molar-refractivity contribution >= 4 is 88.3 Å². The van der Waals surface area contributed by atoms with E-state index in [2.05, 4.69) is 41.8 Å². The number of nitrogens with zero attached hydrogens (tertiary/aromatic N) is 6. The van der Waals surface area contributed by atoms with E-state index in [0.717, 1.165) is 39.6 Å². The molecule has 0 fully saturated rings. The molecule has 0 aliphatic heterocycles. The smallest absolute Gasteiger partial charge is 0.167 e. The van der Waals surface area contributed by atoms with Crippen LogP contribution in [0.25, 0.3) is 22.4 Å². The molecule has 1 N–H and O–H groups in total. The highest BCUT2D eigenvalue weighted by atomic mass is 127. The topological polar surface area (TPSA) is 73.0 Å². The Kier molecular flexibility index (Phi) is 11.2. The van der Waals surface area contributed by atoms with Crippen molar-refractivity contribution in [3.05, 3.63) is 47.5 Å². The number of anilines is 2. The minimum Gasteiger partial charge on any atom is -0.407 e. The summed E-state index contributed by atoms with van der Waals surface area (Å²) in [5.41, 5.74) is 4.94. The Labute approximate surface area is 231 Å². The fourth-order valence-corrected chi connectivity index (χ4v) is 5.70. The molecule has 0 bridgehead atoms. The van der Waals surface area contributed by atoms with Gasteiger partial charge in [0.1, 0.15) is 28.7 Å². The second-order valence-electron chi connectivity index (χ2n) is 6.92. The number of halogens is 2. The third kappa shape index (κ3) is 6.70. The maximum atomic E-state index is 6.33. The van der Waals surface area contributed by atoms with E-state index in [4.69, 9.17) is 20.8 Å². The zero-order valence-corrected chi connectivity index (χ0v) is 25.4. The summed E-state index contributed by atoms with van der Waals surface area (Å²) < 4.78 is 11.7. The molecule has 1 unspecified atom stereocenters. The fourth-order valence-electron chi connectivity index (χ4n) is 3.00. The third-order valence-corrected chi connectivity index (χ3v) is 7.27. The van der Waals surface area contributed by atoms with E-state index < -0.39 is 0 Å². The first-order chi connectivity index (χ1) is 15.9. The fraction of sp³-hybridized carbons (Fsp3) is 0.286. The van der Waals surface area contributed by atoms with E-state index in [-0.39, 0.29) is 13.5 Å². The highest BCUT2D eigenvalue weighted by Gasteiger charge is 2.16. The lowest BCUT2D eigenvalue weighted by molar-refractivity contribution is 0.577. The molecule has 13 heteroatoms. The maximum absolute atomic E-state index is 6.33. The highest BCUT2D eigenvalue weighted by molar-refractivity contribution is 14.2. The lowest BCUT2D eigenvalue weighted by atomic mass is 10.1. The van der Waals surface area contributed by atoms with Crippen LogP contribution < -0.4 is 9.50 Å². The number of imidazole rings is 1. The van der Waals surface area contributed by atoms with Gasteiger partial charge >= 0.3 is 0 Å². The van der Waals surface area contributed by atoms with Gasteiger partial charge in [-0.05, 0) is 47.2 Å². The zero-order chi connectivity index (χ0) is 24.1. The number of aromatic nitrogens is 5. The second-order valence-corrected chi connectivity index (χ2v) is 10.4. The first-order valence-corrected chi connectivity index (χ1v) is 15.3. The monoisotopic (exact) mass is 651 g/mol. The molecule has 0 radical (unpaired) electrons. The first kappa shape index (κ1) is 29.0. The van der Waals surface area contributed by atoms with Crippen LogP contribution in [-0.4, -0.2) is 42.5 Å². The number of hydrogen-bond donors (Lipinski definition) is 1. The van der Waals surface area contributed by atoms with Crippen molar-refractivity contribution < 1.29 is 4.18 Å². The standard InChI is InChI=1S/C19H20ClIN7OPS.C2H6.H2S/c1-11-22-18-15(10-17(20)24-19(18)28(11)30-21)23-14-6-5-12(13-7-8-27(4)25-13)9-16(14)29-31-26(2)3;1-2;/h5-10,30H,1-4H3,(H,23,24);1-2H3;1H2. The number of rotatable bonds is 7. The lowest BCUT2D eigenvalue weighted by Gasteiger charge is -2.15. The Morgan fingerprint density at radius 3 is 2.50 bits per heavy atom. The van der Waals surface area contributed by atoms with Gasteiger partial charge in [-0.25, -0.2) is 14.3 Å². The molecule has 4 rings (SSSR count). The Morgan fingerprint density at radius 2 is 1.88 bits per heavy atom. The molecule has 3 heterocycles. The van der Waals surface area contributed by atoms with Crippen molar-refractivity contribution in [2.24, 2.45) is 7.05 Å². The molecule has 1 aromatic carbocycles. The van der Waals surface area contributed by atoms with Crippen LogP contribution >= 0.6 is 65.7 Å². The van der Waals surface area contributed by atoms with Gasteiger partial charge < -0.3 is 9.50 Å². The zero-order valence-electron chi connectivity index (χ0n) is 19.7. The van der Waals surface area contributed by atoms with E-state index in [1.54, 1.807) is 10.7 Å². The van der Waals surface area contributed by atoms with Crippen LogP contribution in [0.2, 0.25) is 5.15 Å². The summed E-state index contributed by atoms with van der Waals surface area (Å²) in [6, 6.07) is 9.70. The van der Waals surface area contributed by atoms with Gasteiger partial charge in [0.25, 0.3) is 0 Å². The molecular formula is C21H28ClIN7OPS2. The summed E-state index contributed by atoms with van der Waals surface area (Å²) in [5, 5.41) is 8.34. The second kappa shape index (κ2) is 13.2. The number of nitrogens with one attached hydrogen (secondary N) is 1. The van der Waals surface area contributed by atoms with Crippen LogP contribution in [0, 0.1) is 6.92 Å². The average Bonchev–Trinajstić information content (AvgIpc) is 3.36. The van der Waals surface area contributed by atoms with Gasteiger partial charge in [0.15, 0.2) is 11.4 Å². The predicted molar refractivity (Wildman–Crippen MR) is 161 cm³/mol. The molecule has 4 aromatic rings. The maximum Gasteiger partial charge on any atom is 0.167 e. The van der Waals surface area contributed by atoms with Gasteiger partial charge in [0.2, 0.25) is 0 Å². The number of pyridine rings is 1. The largest absolute Gasteiger partial charge is 0.407 e. The van der Waals surface area contributed by atoms with Crippen LogP contribution in [0.1, 0.15) is 19.7 Å². The lowest BCUT2D eigenvalue weighted by Crippen LogP contribution is -2.03. The van der Waals surface area contributed by atoms with Gasteiger partial charge in [0, 0.05) is 39.0 Å². The molecule has 0 saturated heterocycles. The number of aryl methyl sites for hydroxylation is 2. The van der Waals surface area contributed by atoms with Crippen molar-refractivity contribution in [2.75, 3.05) is 19.4 Å². The molecule has 1 atom stereocenters. The van der Waals surface area contributed by atoms with E-state index in [1.165, 1.54) is 12.2 Å². The van der Waals surface area contributed by atoms with Crippen molar-refractivity contribution in [3.63, 3.8) is 0 Å². The van der Waals surface area contributed by atoms with Gasteiger partial charge in [0.05, 0.1) is 23.4 Å². The van der Waals surface area contributed by atoms with Crippen LogP contribution in [0.5, 0.6) is 5.75 Å². The molecule has 0 amide bonds. The molecular weight excluding hydrogens is 624 g/mol. The minimum absolute atomic E-state index is 0. The summed E-state index contributed by atoms with van der Waals surface area (Å²) in [7, 11) is 5.74. The van der Waals surface area contributed by atoms with E-state index in [0.29, 0.717) is 17.3 Å². The molecule has 0 aliphatic carbocycles. The van der Waals surface area contributed by atoms with E-state index in [1.807, 2.05) is 76.7 Å². The Bertz CT molecular complexity index is 1250. The average molecular weight is 652 g/mol. The Balaban J connectivity index is 0.00000133. The van der Waals surface area contributed by atoms with Crippen molar-refractivity contribution in [3.8, 4) is 17.0 Å². The van der Waals surface area contributed by atoms with Crippen LogP contribution in [0.15, 0.2) is 36.5 Å². The van der Waals surface area contributed by atoms with Crippen LogP contribution in [-0.2, 0) is 7.05 Å². The number of benzene rings is 1. The van der Waals surface area contributed by atoms with Crippen molar-refractivity contribution in [2.45, 2.75) is 20.8 Å². The molecule has 184 valence electrons. The Morgan fingerprint density at radius 1 is 1.15 bits per heavy atom. The molecule has 0 spiro atoms. The normalized spacial score (nSPS) is 11.0. The summed E-state index contributed by atoms with van der Waals surface area (Å²) in [6.45, 7) is 5.97. The summed E-state index contributed by atoms with van der Waals surface area (Å²) in [6.07, 6.45) is 2.39.